The molecule has 1 heteroatoms. The zero-order chi connectivity index (χ0) is 14.4. The lowest BCUT2D eigenvalue weighted by molar-refractivity contribution is 0.103. The average Bonchev–Trinajstić information content (AvgIpc) is 2.50. The van der Waals surface area contributed by atoms with Crippen LogP contribution in [-0.4, -0.2) is 12.6 Å². The molecule has 118 valence electrons. The molecule has 0 spiro atoms. The molecule has 0 aromatic heterocycles. The minimum absolute atomic E-state index is 0.799. The van der Waals surface area contributed by atoms with Gasteiger partial charge < -0.3 is 5.32 Å². The van der Waals surface area contributed by atoms with Crippen LogP contribution >= 0.6 is 0 Å². The second-order valence-corrected chi connectivity index (χ2v) is 7.69. The molecule has 2 aliphatic rings. The molecular formula is C19H37N. The third kappa shape index (κ3) is 4.48. The first-order valence-corrected chi connectivity index (χ1v) is 9.47. The van der Waals surface area contributed by atoms with Crippen LogP contribution in [0.3, 0.4) is 0 Å². The largest absolute Gasteiger partial charge is 0.314 e. The summed E-state index contributed by atoms with van der Waals surface area (Å²) in [5.74, 6) is 4.02. The Morgan fingerprint density at radius 3 is 2.45 bits per heavy atom. The standard InChI is InChI=1S/C19H37N/c1-4-12-20-19(13-15(3)5-2)18-11-10-16-8-6-7-9-17(16)14-18/h15-20H,4-14H2,1-3H3. The third-order valence-corrected chi connectivity index (χ3v) is 6.16. The molecular weight excluding hydrogens is 242 g/mol. The summed E-state index contributed by atoms with van der Waals surface area (Å²) in [6, 6.07) is 0.799. The maximum atomic E-state index is 3.90. The number of fused-ring (bicyclic) bond motifs is 1. The molecule has 1 N–H and O–H groups in total. The Kier molecular flexibility index (Phi) is 6.87. The molecule has 0 radical (unpaired) electrons. The highest BCUT2D eigenvalue weighted by atomic mass is 14.9. The molecule has 1 nitrogen and oxygen atoms in total. The van der Waals surface area contributed by atoms with Gasteiger partial charge in [-0.15, -0.1) is 0 Å². The van der Waals surface area contributed by atoms with Crippen molar-refractivity contribution in [2.75, 3.05) is 6.54 Å². The van der Waals surface area contributed by atoms with Gasteiger partial charge in [-0.05, 0) is 62.3 Å². The van der Waals surface area contributed by atoms with E-state index in [-0.39, 0.29) is 0 Å². The lowest BCUT2D eigenvalue weighted by Crippen LogP contribution is -2.42. The van der Waals surface area contributed by atoms with Crippen LogP contribution in [-0.2, 0) is 0 Å². The second-order valence-electron chi connectivity index (χ2n) is 7.69. The van der Waals surface area contributed by atoms with Crippen molar-refractivity contribution in [2.24, 2.45) is 23.7 Å². The van der Waals surface area contributed by atoms with Crippen molar-refractivity contribution in [2.45, 2.75) is 91.0 Å². The summed E-state index contributed by atoms with van der Waals surface area (Å²) < 4.78 is 0. The van der Waals surface area contributed by atoms with E-state index in [4.69, 9.17) is 0 Å². The molecule has 0 aliphatic heterocycles. The monoisotopic (exact) mass is 279 g/mol. The molecule has 5 atom stereocenters. The molecule has 0 aromatic rings. The highest BCUT2D eigenvalue weighted by molar-refractivity contribution is 4.88. The van der Waals surface area contributed by atoms with E-state index in [1.807, 2.05) is 0 Å². The summed E-state index contributed by atoms with van der Waals surface area (Å²) in [6.07, 6.45) is 14.7. The Bertz CT molecular complexity index is 262. The van der Waals surface area contributed by atoms with E-state index in [9.17, 15) is 0 Å². The van der Waals surface area contributed by atoms with Crippen molar-refractivity contribution in [3.8, 4) is 0 Å². The molecule has 0 heterocycles. The molecule has 2 saturated carbocycles. The van der Waals surface area contributed by atoms with Gasteiger partial charge in [-0.3, -0.25) is 0 Å². The van der Waals surface area contributed by atoms with Crippen molar-refractivity contribution in [1.29, 1.82) is 0 Å². The molecule has 0 amide bonds. The first-order valence-electron chi connectivity index (χ1n) is 9.47. The van der Waals surface area contributed by atoms with Crippen LogP contribution in [0.1, 0.15) is 85.0 Å². The highest BCUT2D eigenvalue weighted by Gasteiger charge is 2.35. The number of hydrogen-bond donors (Lipinski definition) is 1. The van der Waals surface area contributed by atoms with E-state index in [1.54, 1.807) is 0 Å². The fraction of sp³-hybridized carbons (Fsp3) is 1.00. The normalized spacial score (nSPS) is 33.5. The van der Waals surface area contributed by atoms with Gasteiger partial charge in [0.05, 0.1) is 0 Å². The molecule has 0 bridgehead atoms. The van der Waals surface area contributed by atoms with Gasteiger partial charge in [-0.25, -0.2) is 0 Å². The topological polar surface area (TPSA) is 12.0 Å². The fourth-order valence-electron chi connectivity index (χ4n) is 4.65. The van der Waals surface area contributed by atoms with Crippen LogP contribution in [0, 0.1) is 23.7 Å². The van der Waals surface area contributed by atoms with E-state index in [1.165, 1.54) is 70.8 Å². The summed E-state index contributed by atoms with van der Waals surface area (Å²) in [5.41, 5.74) is 0. The van der Waals surface area contributed by atoms with E-state index in [2.05, 4.69) is 26.1 Å². The summed E-state index contributed by atoms with van der Waals surface area (Å²) in [7, 11) is 0. The number of hydrogen-bond acceptors (Lipinski definition) is 1. The van der Waals surface area contributed by atoms with Crippen LogP contribution in [0.5, 0.6) is 0 Å². The number of rotatable bonds is 7. The van der Waals surface area contributed by atoms with E-state index >= 15 is 0 Å². The molecule has 2 aliphatic carbocycles. The SMILES string of the molecule is CCCNC(CC(C)CC)C1CCC2CCCCC2C1. The second kappa shape index (κ2) is 8.41. The van der Waals surface area contributed by atoms with Crippen molar-refractivity contribution >= 4 is 0 Å². The zero-order valence-electron chi connectivity index (χ0n) is 14.2. The Morgan fingerprint density at radius 2 is 1.75 bits per heavy atom. The van der Waals surface area contributed by atoms with Crippen LogP contribution in [0.2, 0.25) is 0 Å². The number of nitrogens with one attached hydrogen (secondary N) is 1. The molecule has 20 heavy (non-hydrogen) atoms. The zero-order valence-corrected chi connectivity index (χ0v) is 14.2. The molecule has 0 aromatic carbocycles. The van der Waals surface area contributed by atoms with E-state index in [0.29, 0.717) is 0 Å². The smallest absolute Gasteiger partial charge is 0.00979 e. The van der Waals surface area contributed by atoms with Gasteiger partial charge in [-0.1, -0.05) is 52.9 Å². The quantitative estimate of drug-likeness (QED) is 0.658. The highest BCUT2D eigenvalue weighted by Crippen LogP contribution is 2.44. The van der Waals surface area contributed by atoms with Crippen LogP contribution in [0.15, 0.2) is 0 Å². The van der Waals surface area contributed by atoms with Gasteiger partial charge >= 0.3 is 0 Å². The summed E-state index contributed by atoms with van der Waals surface area (Å²) in [4.78, 5) is 0. The van der Waals surface area contributed by atoms with Crippen LogP contribution in [0.25, 0.3) is 0 Å². The van der Waals surface area contributed by atoms with Gasteiger partial charge in [0.1, 0.15) is 0 Å². The lowest BCUT2D eigenvalue weighted by Gasteiger charge is -2.42. The third-order valence-electron chi connectivity index (χ3n) is 6.16. The minimum atomic E-state index is 0.799. The molecule has 5 unspecified atom stereocenters. The predicted octanol–water partition coefficient (Wildman–Crippen LogP) is 5.40. The van der Waals surface area contributed by atoms with Crippen molar-refractivity contribution in [1.82, 2.24) is 5.32 Å². The molecule has 0 saturated heterocycles. The van der Waals surface area contributed by atoms with E-state index in [0.717, 1.165) is 29.7 Å². The summed E-state index contributed by atoms with van der Waals surface area (Å²) in [5, 5.41) is 3.90. The first kappa shape index (κ1) is 16.3. The molecule has 2 rings (SSSR count). The maximum Gasteiger partial charge on any atom is 0.00979 e. The Balaban J connectivity index is 1.90. The van der Waals surface area contributed by atoms with Gasteiger partial charge in [0.15, 0.2) is 0 Å². The first-order chi connectivity index (χ1) is 9.74. The van der Waals surface area contributed by atoms with Gasteiger partial charge in [0, 0.05) is 6.04 Å². The van der Waals surface area contributed by atoms with Gasteiger partial charge in [0.2, 0.25) is 0 Å². The van der Waals surface area contributed by atoms with Crippen molar-refractivity contribution < 1.29 is 0 Å². The lowest BCUT2D eigenvalue weighted by atomic mass is 9.65. The van der Waals surface area contributed by atoms with E-state index < -0.39 is 0 Å². The van der Waals surface area contributed by atoms with Crippen molar-refractivity contribution in [3.63, 3.8) is 0 Å². The van der Waals surface area contributed by atoms with Crippen LogP contribution in [0.4, 0.5) is 0 Å². The Morgan fingerprint density at radius 1 is 1.00 bits per heavy atom. The van der Waals surface area contributed by atoms with Gasteiger partial charge in [-0.2, -0.15) is 0 Å². The summed E-state index contributed by atoms with van der Waals surface area (Å²) >= 11 is 0. The Hall–Kier alpha value is -0.0400. The Labute approximate surface area is 127 Å². The molecule has 2 fully saturated rings. The minimum Gasteiger partial charge on any atom is -0.314 e. The summed E-state index contributed by atoms with van der Waals surface area (Å²) in [6.45, 7) is 8.30. The van der Waals surface area contributed by atoms with Crippen molar-refractivity contribution in [3.05, 3.63) is 0 Å². The van der Waals surface area contributed by atoms with Gasteiger partial charge in [0.25, 0.3) is 0 Å². The van der Waals surface area contributed by atoms with Crippen LogP contribution < -0.4 is 5.32 Å². The average molecular weight is 280 g/mol. The fourth-order valence-corrected chi connectivity index (χ4v) is 4.65. The maximum absolute atomic E-state index is 3.90. The predicted molar refractivity (Wildman–Crippen MR) is 88.9 cm³/mol.